The third-order valence-electron chi connectivity index (χ3n) is 4.73. The van der Waals surface area contributed by atoms with Crippen molar-refractivity contribution in [3.8, 4) is 0 Å². The van der Waals surface area contributed by atoms with E-state index in [0.717, 1.165) is 6.04 Å². The maximum absolute atomic E-state index is 3.84. The van der Waals surface area contributed by atoms with Gasteiger partial charge in [0.05, 0.1) is 0 Å². The standard InChI is InChI=1S/C15H31N3/c1-17-10-11-18(2)15(13-17)12-16-14-8-6-4-3-5-7-9-14/h14-16H,3-13H2,1-2H3. The van der Waals surface area contributed by atoms with Crippen LogP contribution < -0.4 is 5.32 Å². The second kappa shape index (κ2) is 7.46. The number of hydrogen-bond acceptors (Lipinski definition) is 3. The average molecular weight is 253 g/mol. The third-order valence-corrected chi connectivity index (χ3v) is 4.73. The fraction of sp³-hybridized carbons (Fsp3) is 1.00. The van der Waals surface area contributed by atoms with Gasteiger partial charge in [0.25, 0.3) is 0 Å². The maximum Gasteiger partial charge on any atom is 0.0345 e. The molecule has 1 saturated carbocycles. The largest absolute Gasteiger partial charge is 0.312 e. The summed E-state index contributed by atoms with van der Waals surface area (Å²) in [5.41, 5.74) is 0. The molecule has 0 aromatic heterocycles. The Hall–Kier alpha value is -0.120. The number of likely N-dealkylation sites (N-methyl/N-ethyl adjacent to an activating group) is 2. The summed E-state index contributed by atoms with van der Waals surface area (Å²) in [5.74, 6) is 0. The monoisotopic (exact) mass is 253 g/mol. The van der Waals surface area contributed by atoms with E-state index in [4.69, 9.17) is 0 Å². The lowest BCUT2D eigenvalue weighted by molar-refractivity contribution is 0.110. The van der Waals surface area contributed by atoms with Crippen LogP contribution in [0.4, 0.5) is 0 Å². The molecule has 0 radical (unpaired) electrons. The molecule has 1 aliphatic heterocycles. The van der Waals surface area contributed by atoms with Crippen LogP contribution in [0.3, 0.4) is 0 Å². The molecule has 1 saturated heterocycles. The van der Waals surface area contributed by atoms with Crippen molar-refractivity contribution >= 4 is 0 Å². The first-order chi connectivity index (χ1) is 8.75. The SMILES string of the molecule is CN1CCN(C)C(CNC2CCCCCCC2)C1. The summed E-state index contributed by atoms with van der Waals surface area (Å²) in [6.07, 6.45) is 10.0. The van der Waals surface area contributed by atoms with Crippen LogP contribution in [0.1, 0.15) is 44.9 Å². The quantitative estimate of drug-likeness (QED) is 0.829. The van der Waals surface area contributed by atoms with Gasteiger partial charge in [-0.25, -0.2) is 0 Å². The van der Waals surface area contributed by atoms with E-state index in [9.17, 15) is 0 Å². The van der Waals surface area contributed by atoms with E-state index in [1.165, 1.54) is 71.1 Å². The lowest BCUT2D eigenvalue weighted by Crippen LogP contribution is -2.54. The normalized spacial score (nSPS) is 30.0. The molecule has 0 bridgehead atoms. The van der Waals surface area contributed by atoms with Gasteiger partial charge in [-0.15, -0.1) is 0 Å². The van der Waals surface area contributed by atoms with Crippen LogP contribution in [-0.4, -0.2) is 62.2 Å². The van der Waals surface area contributed by atoms with E-state index in [1.54, 1.807) is 0 Å². The minimum absolute atomic E-state index is 0.703. The Bertz CT molecular complexity index is 224. The van der Waals surface area contributed by atoms with Gasteiger partial charge in [-0.05, 0) is 26.9 Å². The number of nitrogens with zero attached hydrogens (tertiary/aromatic N) is 2. The lowest BCUT2D eigenvalue weighted by Gasteiger charge is -2.38. The van der Waals surface area contributed by atoms with Gasteiger partial charge in [-0.3, -0.25) is 4.90 Å². The van der Waals surface area contributed by atoms with Gasteiger partial charge in [0.1, 0.15) is 0 Å². The van der Waals surface area contributed by atoms with Crippen LogP contribution in [0.2, 0.25) is 0 Å². The molecule has 3 heteroatoms. The predicted molar refractivity (Wildman–Crippen MR) is 78.0 cm³/mol. The summed E-state index contributed by atoms with van der Waals surface area (Å²) in [6.45, 7) is 4.83. The maximum atomic E-state index is 3.84. The van der Waals surface area contributed by atoms with Gasteiger partial charge in [0.15, 0.2) is 0 Å². The first kappa shape index (κ1) is 14.3. The van der Waals surface area contributed by atoms with Crippen molar-refractivity contribution in [1.82, 2.24) is 15.1 Å². The van der Waals surface area contributed by atoms with Crippen molar-refractivity contribution in [3.05, 3.63) is 0 Å². The predicted octanol–water partition coefficient (Wildman–Crippen LogP) is 1.93. The summed E-state index contributed by atoms with van der Waals surface area (Å²) in [5, 5.41) is 3.84. The highest BCUT2D eigenvalue weighted by molar-refractivity contribution is 4.82. The van der Waals surface area contributed by atoms with Gasteiger partial charge >= 0.3 is 0 Å². The highest BCUT2D eigenvalue weighted by atomic mass is 15.3. The topological polar surface area (TPSA) is 18.5 Å². The van der Waals surface area contributed by atoms with Crippen LogP contribution in [0, 0.1) is 0 Å². The summed E-state index contributed by atoms with van der Waals surface area (Å²) < 4.78 is 0. The molecule has 3 nitrogen and oxygen atoms in total. The molecule has 0 aromatic carbocycles. The van der Waals surface area contributed by atoms with E-state index in [-0.39, 0.29) is 0 Å². The molecule has 1 atom stereocenters. The van der Waals surface area contributed by atoms with Crippen molar-refractivity contribution in [1.29, 1.82) is 0 Å². The summed E-state index contributed by atoms with van der Waals surface area (Å²) in [6, 6.07) is 1.49. The molecule has 0 aromatic rings. The minimum atomic E-state index is 0.703. The molecular formula is C15H31N3. The third kappa shape index (κ3) is 4.52. The molecular weight excluding hydrogens is 222 g/mol. The Kier molecular flexibility index (Phi) is 5.93. The van der Waals surface area contributed by atoms with Crippen molar-refractivity contribution in [3.63, 3.8) is 0 Å². The summed E-state index contributed by atoms with van der Waals surface area (Å²) in [4.78, 5) is 4.99. The van der Waals surface area contributed by atoms with E-state index in [0.29, 0.717) is 6.04 Å². The van der Waals surface area contributed by atoms with E-state index < -0.39 is 0 Å². The molecule has 1 N–H and O–H groups in total. The molecule has 18 heavy (non-hydrogen) atoms. The fourth-order valence-electron chi connectivity index (χ4n) is 3.28. The number of piperazine rings is 1. The molecule has 2 aliphatic rings. The first-order valence-corrected chi connectivity index (χ1v) is 7.88. The highest BCUT2D eigenvalue weighted by Gasteiger charge is 2.22. The second-order valence-corrected chi connectivity index (χ2v) is 6.35. The molecule has 1 aliphatic carbocycles. The van der Waals surface area contributed by atoms with Crippen LogP contribution >= 0.6 is 0 Å². The van der Waals surface area contributed by atoms with E-state index in [2.05, 4.69) is 29.2 Å². The van der Waals surface area contributed by atoms with Crippen LogP contribution in [-0.2, 0) is 0 Å². The molecule has 1 heterocycles. The smallest absolute Gasteiger partial charge is 0.0345 e. The molecule has 1 unspecified atom stereocenters. The number of rotatable bonds is 3. The Balaban J connectivity index is 1.71. The van der Waals surface area contributed by atoms with Crippen molar-refractivity contribution in [2.75, 3.05) is 40.3 Å². The Labute approximate surface area is 113 Å². The van der Waals surface area contributed by atoms with Crippen molar-refractivity contribution in [2.24, 2.45) is 0 Å². The zero-order valence-corrected chi connectivity index (χ0v) is 12.3. The van der Waals surface area contributed by atoms with Gasteiger partial charge in [-0.2, -0.15) is 0 Å². The van der Waals surface area contributed by atoms with E-state index >= 15 is 0 Å². The zero-order chi connectivity index (χ0) is 12.8. The molecule has 106 valence electrons. The van der Waals surface area contributed by atoms with Gasteiger partial charge in [-0.1, -0.05) is 32.1 Å². The molecule has 2 rings (SSSR count). The van der Waals surface area contributed by atoms with Crippen LogP contribution in [0.25, 0.3) is 0 Å². The fourth-order valence-corrected chi connectivity index (χ4v) is 3.28. The number of hydrogen-bond donors (Lipinski definition) is 1. The molecule has 0 amide bonds. The first-order valence-electron chi connectivity index (χ1n) is 7.88. The van der Waals surface area contributed by atoms with Gasteiger partial charge in [0, 0.05) is 38.3 Å². The highest BCUT2D eigenvalue weighted by Crippen LogP contribution is 2.17. The van der Waals surface area contributed by atoms with Crippen LogP contribution in [0.5, 0.6) is 0 Å². The van der Waals surface area contributed by atoms with E-state index in [1.807, 2.05) is 0 Å². The Morgan fingerprint density at radius 2 is 1.61 bits per heavy atom. The molecule has 2 fully saturated rings. The molecule has 0 spiro atoms. The zero-order valence-electron chi connectivity index (χ0n) is 12.3. The minimum Gasteiger partial charge on any atom is -0.312 e. The number of nitrogens with one attached hydrogen (secondary N) is 1. The second-order valence-electron chi connectivity index (χ2n) is 6.35. The lowest BCUT2D eigenvalue weighted by atomic mass is 9.96. The summed E-state index contributed by atoms with van der Waals surface area (Å²) in [7, 11) is 4.52. The summed E-state index contributed by atoms with van der Waals surface area (Å²) >= 11 is 0. The van der Waals surface area contributed by atoms with Crippen molar-refractivity contribution < 1.29 is 0 Å². The average Bonchev–Trinajstić information content (AvgIpc) is 2.32. The van der Waals surface area contributed by atoms with Gasteiger partial charge in [0.2, 0.25) is 0 Å². The van der Waals surface area contributed by atoms with Crippen molar-refractivity contribution in [2.45, 2.75) is 57.0 Å². The van der Waals surface area contributed by atoms with Crippen LogP contribution in [0.15, 0.2) is 0 Å². The Morgan fingerprint density at radius 3 is 2.33 bits per heavy atom. The Morgan fingerprint density at radius 1 is 0.944 bits per heavy atom. The van der Waals surface area contributed by atoms with Gasteiger partial charge < -0.3 is 10.2 Å².